The molecule has 0 saturated heterocycles. The molecule has 1 atom stereocenters. The van der Waals surface area contributed by atoms with Gasteiger partial charge < -0.3 is 10.4 Å². The maximum Gasteiger partial charge on any atom is 0.147 e. The molecule has 2 N–H and O–H groups in total. The number of benzene rings is 2. The van der Waals surface area contributed by atoms with Gasteiger partial charge in [0.1, 0.15) is 17.1 Å². The summed E-state index contributed by atoms with van der Waals surface area (Å²) in [4.78, 5) is 8.82. The van der Waals surface area contributed by atoms with Crippen molar-refractivity contribution in [2.45, 2.75) is 13.0 Å². The Kier molecular flexibility index (Phi) is 5.50. The molecule has 4 aromatic rings. The molecule has 2 heterocycles. The molecule has 0 saturated carbocycles. The van der Waals surface area contributed by atoms with Gasteiger partial charge in [-0.15, -0.1) is 0 Å². The lowest BCUT2D eigenvalue weighted by atomic mass is 9.96. The summed E-state index contributed by atoms with van der Waals surface area (Å²) in [7, 11) is 0. The number of aromatic nitrogens is 2. The van der Waals surface area contributed by atoms with Gasteiger partial charge in [-0.2, -0.15) is 0 Å². The first-order valence-electron chi connectivity index (χ1n) is 8.84. The van der Waals surface area contributed by atoms with Crippen molar-refractivity contribution in [2.75, 3.05) is 5.32 Å². The number of anilines is 1. The molecular formula is C22H16Cl3N3O. The second-order valence-electron chi connectivity index (χ2n) is 6.64. The summed E-state index contributed by atoms with van der Waals surface area (Å²) < 4.78 is 0. The summed E-state index contributed by atoms with van der Waals surface area (Å²) in [5.74, 6) is 0.675. The van der Waals surface area contributed by atoms with E-state index in [9.17, 15) is 5.11 Å². The van der Waals surface area contributed by atoms with Crippen LogP contribution in [0.1, 0.15) is 22.9 Å². The number of pyridine rings is 2. The molecule has 146 valence electrons. The molecule has 0 radical (unpaired) electrons. The minimum atomic E-state index is -0.510. The Morgan fingerprint density at radius 1 is 0.966 bits per heavy atom. The highest BCUT2D eigenvalue weighted by atomic mass is 35.5. The first-order valence-corrected chi connectivity index (χ1v) is 9.98. The van der Waals surface area contributed by atoms with E-state index >= 15 is 0 Å². The monoisotopic (exact) mass is 443 g/mol. The molecule has 1 unspecified atom stereocenters. The standard InChI is InChI=1S/C22H16Cl3N3O/c1-12-4-2-6-19(27-12)28-20(13-8-14(23)10-15(24)9-13)17-11-18(25)16-5-3-7-26-21(16)22(17)29/h2-11,20,29H,1H3,(H,27,28). The Bertz CT molecular complexity index is 1190. The molecule has 4 nitrogen and oxygen atoms in total. The van der Waals surface area contributed by atoms with Crippen LogP contribution in [0.4, 0.5) is 5.82 Å². The normalized spacial score (nSPS) is 12.1. The number of hydrogen-bond donors (Lipinski definition) is 2. The summed E-state index contributed by atoms with van der Waals surface area (Å²) in [6, 6.07) is 15.7. The molecule has 0 aliphatic carbocycles. The van der Waals surface area contributed by atoms with Crippen molar-refractivity contribution >= 4 is 51.5 Å². The first-order chi connectivity index (χ1) is 13.9. The number of phenolic OH excluding ortho intramolecular Hbond substituents is 1. The molecule has 2 aromatic carbocycles. The maximum absolute atomic E-state index is 11.0. The van der Waals surface area contributed by atoms with E-state index in [4.69, 9.17) is 34.8 Å². The number of hydrogen-bond acceptors (Lipinski definition) is 4. The second kappa shape index (κ2) is 8.07. The molecule has 0 aliphatic heterocycles. The van der Waals surface area contributed by atoms with Gasteiger partial charge in [-0.05, 0) is 61.0 Å². The van der Waals surface area contributed by atoms with Crippen LogP contribution in [0.5, 0.6) is 5.75 Å². The van der Waals surface area contributed by atoms with Crippen LogP contribution in [0.2, 0.25) is 15.1 Å². The van der Waals surface area contributed by atoms with Crippen molar-refractivity contribution in [3.8, 4) is 5.75 Å². The van der Waals surface area contributed by atoms with Crippen LogP contribution in [0.25, 0.3) is 10.9 Å². The van der Waals surface area contributed by atoms with Crippen molar-refractivity contribution in [3.05, 3.63) is 92.7 Å². The summed E-state index contributed by atoms with van der Waals surface area (Å²) >= 11 is 19.0. The van der Waals surface area contributed by atoms with E-state index in [0.717, 1.165) is 11.3 Å². The van der Waals surface area contributed by atoms with Crippen LogP contribution < -0.4 is 5.32 Å². The van der Waals surface area contributed by atoms with Gasteiger partial charge in [0, 0.05) is 32.9 Å². The second-order valence-corrected chi connectivity index (χ2v) is 7.92. The predicted octanol–water partition coefficient (Wildman–Crippen LogP) is 6.81. The van der Waals surface area contributed by atoms with Gasteiger partial charge >= 0.3 is 0 Å². The van der Waals surface area contributed by atoms with Crippen molar-refractivity contribution in [1.82, 2.24) is 9.97 Å². The Labute approximate surface area is 183 Å². The third kappa shape index (κ3) is 4.10. The van der Waals surface area contributed by atoms with Gasteiger partial charge in [-0.1, -0.05) is 40.9 Å². The lowest BCUT2D eigenvalue weighted by Gasteiger charge is -2.23. The van der Waals surface area contributed by atoms with Crippen molar-refractivity contribution in [3.63, 3.8) is 0 Å². The van der Waals surface area contributed by atoms with E-state index in [1.807, 2.05) is 31.2 Å². The highest BCUT2D eigenvalue weighted by Gasteiger charge is 2.23. The molecule has 0 aliphatic rings. The Hall–Kier alpha value is -2.53. The lowest BCUT2D eigenvalue weighted by Crippen LogP contribution is -2.14. The number of halogens is 3. The molecular weight excluding hydrogens is 429 g/mol. The van der Waals surface area contributed by atoms with Crippen LogP contribution in [-0.4, -0.2) is 15.1 Å². The smallest absolute Gasteiger partial charge is 0.147 e. The first kappa shape index (κ1) is 19.8. The number of aromatic hydroxyl groups is 1. The van der Waals surface area contributed by atoms with Crippen LogP contribution >= 0.6 is 34.8 Å². The van der Waals surface area contributed by atoms with E-state index in [0.29, 0.717) is 37.4 Å². The molecule has 7 heteroatoms. The summed E-state index contributed by atoms with van der Waals surface area (Å²) in [5.41, 5.74) is 2.59. The topological polar surface area (TPSA) is 58.0 Å². The number of fused-ring (bicyclic) bond motifs is 1. The van der Waals surface area contributed by atoms with Crippen molar-refractivity contribution in [1.29, 1.82) is 0 Å². The van der Waals surface area contributed by atoms with Gasteiger partial charge in [-0.3, -0.25) is 4.98 Å². The number of aryl methyl sites for hydroxylation is 1. The Morgan fingerprint density at radius 3 is 2.45 bits per heavy atom. The Morgan fingerprint density at radius 2 is 1.72 bits per heavy atom. The molecule has 0 fully saturated rings. The average molecular weight is 445 g/mol. The van der Waals surface area contributed by atoms with E-state index in [1.54, 1.807) is 36.5 Å². The summed E-state index contributed by atoms with van der Waals surface area (Å²) in [6.45, 7) is 1.91. The highest BCUT2D eigenvalue weighted by molar-refractivity contribution is 6.36. The SMILES string of the molecule is Cc1cccc(NC(c2cc(Cl)cc(Cl)c2)c2cc(Cl)c3cccnc3c2O)n1. The largest absolute Gasteiger partial charge is 0.505 e. The fourth-order valence-electron chi connectivity index (χ4n) is 3.28. The van der Waals surface area contributed by atoms with Gasteiger partial charge in [-0.25, -0.2) is 4.98 Å². The number of phenols is 1. The Balaban J connectivity index is 1.93. The molecule has 29 heavy (non-hydrogen) atoms. The quantitative estimate of drug-likeness (QED) is 0.363. The van der Waals surface area contributed by atoms with Crippen LogP contribution in [0, 0.1) is 6.92 Å². The molecule has 0 spiro atoms. The minimum Gasteiger partial charge on any atom is -0.505 e. The summed E-state index contributed by atoms with van der Waals surface area (Å²) in [5, 5.41) is 16.5. The van der Waals surface area contributed by atoms with Crippen molar-refractivity contribution < 1.29 is 5.11 Å². The highest BCUT2D eigenvalue weighted by Crippen LogP contribution is 2.40. The fourth-order valence-corrected chi connectivity index (χ4v) is 4.09. The molecule has 4 rings (SSSR count). The van der Waals surface area contributed by atoms with Gasteiger partial charge in [0.15, 0.2) is 0 Å². The van der Waals surface area contributed by atoms with E-state index < -0.39 is 6.04 Å². The minimum absolute atomic E-state index is 0.0336. The zero-order chi connectivity index (χ0) is 20.5. The zero-order valence-electron chi connectivity index (χ0n) is 15.3. The average Bonchev–Trinajstić information content (AvgIpc) is 2.68. The van der Waals surface area contributed by atoms with E-state index in [1.165, 1.54) is 0 Å². The van der Waals surface area contributed by atoms with Gasteiger partial charge in [0.2, 0.25) is 0 Å². The van der Waals surface area contributed by atoms with Gasteiger partial charge in [0.05, 0.1) is 11.1 Å². The molecule has 0 bridgehead atoms. The zero-order valence-corrected chi connectivity index (χ0v) is 17.6. The van der Waals surface area contributed by atoms with E-state index in [2.05, 4.69) is 15.3 Å². The maximum atomic E-state index is 11.0. The van der Waals surface area contributed by atoms with Crippen LogP contribution in [0.15, 0.2) is 60.8 Å². The van der Waals surface area contributed by atoms with Crippen LogP contribution in [-0.2, 0) is 0 Å². The predicted molar refractivity (Wildman–Crippen MR) is 119 cm³/mol. The van der Waals surface area contributed by atoms with Crippen molar-refractivity contribution in [2.24, 2.45) is 0 Å². The van der Waals surface area contributed by atoms with Crippen LogP contribution in [0.3, 0.4) is 0 Å². The third-order valence-corrected chi connectivity index (χ3v) is 5.30. The van der Waals surface area contributed by atoms with Gasteiger partial charge in [0.25, 0.3) is 0 Å². The number of nitrogens with one attached hydrogen (secondary N) is 1. The number of rotatable bonds is 4. The number of nitrogens with zero attached hydrogens (tertiary/aromatic N) is 2. The summed E-state index contributed by atoms with van der Waals surface area (Å²) in [6.07, 6.45) is 1.61. The molecule has 0 amide bonds. The van der Waals surface area contributed by atoms with E-state index in [-0.39, 0.29) is 5.75 Å². The molecule has 2 aromatic heterocycles. The third-order valence-electron chi connectivity index (χ3n) is 4.55. The lowest BCUT2D eigenvalue weighted by molar-refractivity contribution is 0.471. The fraction of sp³-hybridized carbons (Fsp3) is 0.0909.